The van der Waals surface area contributed by atoms with Crippen LogP contribution < -0.4 is 0 Å². The first-order valence-electron chi connectivity index (χ1n) is 13.1. The predicted octanol–water partition coefficient (Wildman–Crippen LogP) is 9.07. The van der Waals surface area contributed by atoms with Gasteiger partial charge in [-0.05, 0) is 36.8 Å². The summed E-state index contributed by atoms with van der Waals surface area (Å²) in [4.78, 5) is 12.3. The van der Waals surface area contributed by atoms with Crippen molar-refractivity contribution in [2.75, 3.05) is 0 Å². The third-order valence-corrected chi connectivity index (χ3v) is 6.12. The molecule has 2 nitrogen and oxygen atoms in total. The van der Waals surface area contributed by atoms with Crippen LogP contribution in [0.3, 0.4) is 0 Å². The molecule has 0 heterocycles. The molecule has 0 aliphatic heterocycles. The van der Waals surface area contributed by atoms with E-state index in [1.807, 2.05) is 18.2 Å². The topological polar surface area (TPSA) is 26.3 Å². The molecule has 1 atom stereocenters. The van der Waals surface area contributed by atoms with Crippen LogP contribution in [0.5, 0.6) is 0 Å². The van der Waals surface area contributed by atoms with Crippen LogP contribution in [0.25, 0.3) is 6.08 Å². The van der Waals surface area contributed by atoms with E-state index in [-0.39, 0.29) is 12.1 Å². The Morgan fingerprint density at radius 1 is 0.806 bits per heavy atom. The molecule has 0 radical (unpaired) electrons. The summed E-state index contributed by atoms with van der Waals surface area (Å²) in [6, 6.07) is 8.23. The molecule has 0 spiro atoms. The lowest BCUT2D eigenvalue weighted by Crippen LogP contribution is -2.18. The molecule has 1 aromatic carbocycles. The Kier molecular flexibility index (Phi) is 17.0. The molecule has 0 bridgehead atoms. The first-order valence-corrected chi connectivity index (χ1v) is 13.1. The summed E-state index contributed by atoms with van der Waals surface area (Å²) >= 11 is 0. The van der Waals surface area contributed by atoms with Crippen LogP contribution in [0.4, 0.5) is 0 Å². The van der Waals surface area contributed by atoms with Gasteiger partial charge in [-0.1, -0.05) is 128 Å². The highest BCUT2D eigenvalue weighted by molar-refractivity contribution is 5.70. The molecule has 0 amide bonds. The van der Waals surface area contributed by atoms with E-state index in [4.69, 9.17) is 4.74 Å². The first-order chi connectivity index (χ1) is 15.2. The number of unbranched alkanes of at least 4 members (excludes halogenated alkanes) is 11. The minimum absolute atomic E-state index is 0.0508. The highest BCUT2D eigenvalue weighted by atomic mass is 16.5. The van der Waals surface area contributed by atoms with Crippen molar-refractivity contribution in [2.24, 2.45) is 0 Å². The molecule has 0 aliphatic carbocycles. The average Bonchev–Trinajstić information content (AvgIpc) is 2.78. The summed E-state index contributed by atoms with van der Waals surface area (Å²) in [5.74, 6) is -0.0508. The third-order valence-electron chi connectivity index (χ3n) is 6.12. The molecule has 176 valence electrons. The lowest BCUT2D eigenvalue weighted by Gasteiger charge is -2.17. The van der Waals surface area contributed by atoms with Gasteiger partial charge in [-0.3, -0.25) is 4.79 Å². The highest BCUT2D eigenvalue weighted by Gasteiger charge is 2.13. The monoisotopic (exact) mass is 428 g/mol. The Labute approximate surface area is 192 Å². The minimum Gasteiger partial charge on any atom is -0.462 e. The van der Waals surface area contributed by atoms with Crippen molar-refractivity contribution in [3.05, 3.63) is 42.0 Å². The summed E-state index contributed by atoms with van der Waals surface area (Å²) in [6.07, 6.45) is 22.5. The van der Waals surface area contributed by atoms with Crippen LogP contribution in [0.2, 0.25) is 0 Å². The van der Waals surface area contributed by atoms with Gasteiger partial charge in [0.1, 0.15) is 6.10 Å². The van der Waals surface area contributed by atoms with Crippen LogP contribution in [0.15, 0.2) is 30.8 Å². The Balaban J connectivity index is 2.08. The number of esters is 1. The molecule has 0 N–H and O–H groups in total. The Hall–Kier alpha value is -1.57. The van der Waals surface area contributed by atoms with E-state index in [1.165, 1.54) is 82.6 Å². The van der Waals surface area contributed by atoms with E-state index in [9.17, 15) is 4.79 Å². The summed E-state index contributed by atoms with van der Waals surface area (Å²) in [7, 11) is 0. The maximum absolute atomic E-state index is 12.3. The molecule has 0 aliphatic rings. The fourth-order valence-electron chi connectivity index (χ4n) is 4.11. The maximum atomic E-state index is 12.3. The van der Waals surface area contributed by atoms with Crippen LogP contribution >= 0.6 is 0 Å². The summed E-state index contributed by atoms with van der Waals surface area (Å²) in [5, 5.41) is 0. The summed E-state index contributed by atoms with van der Waals surface area (Å²) < 4.78 is 5.80. The van der Waals surface area contributed by atoms with Crippen molar-refractivity contribution in [1.82, 2.24) is 0 Å². The molecule has 1 rings (SSSR count). The van der Waals surface area contributed by atoms with E-state index in [0.29, 0.717) is 6.42 Å². The van der Waals surface area contributed by atoms with Gasteiger partial charge in [0.05, 0.1) is 0 Å². The molecule has 2 heteroatoms. The maximum Gasteiger partial charge on any atom is 0.306 e. The smallest absolute Gasteiger partial charge is 0.306 e. The van der Waals surface area contributed by atoms with Gasteiger partial charge in [0.15, 0.2) is 0 Å². The number of aryl methyl sites for hydroxylation is 1. The van der Waals surface area contributed by atoms with Crippen LogP contribution in [0.1, 0.15) is 128 Å². The standard InChI is InChI=1S/C29H48O2/c1-4-7-8-9-10-11-12-13-14-15-16-17-19-28(18-5-2)31-29(30)25-24-27-22-20-26(6-3)21-23-27/h6,20-23,28H,3-5,7-19,24-25H2,1-2H3. The lowest BCUT2D eigenvalue weighted by molar-refractivity contribution is -0.149. The number of carbonyl (C=O) groups is 1. The molecule has 1 aromatic rings. The molecule has 0 saturated heterocycles. The molecule has 1 unspecified atom stereocenters. The van der Waals surface area contributed by atoms with E-state index < -0.39 is 0 Å². The number of hydrogen-bond donors (Lipinski definition) is 0. The van der Waals surface area contributed by atoms with Gasteiger partial charge in [-0.25, -0.2) is 0 Å². The lowest BCUT2D eigenvalue weighted by atomic mass is 10.0. The first kappa shape index (κ1) is 27.5. The SMILES string of the molecule is C=Cc1ccc(CCC(=O)OC(CCC)CCCCCCCCCCCCCC)cc1. The van der Waals surface area contributed by atoms with Crippen molar-refractivity contribution in [3.8, 4) is 0 Å². The molecule has 0 saturated carbocycles. The fourth-order valence-corrected chi connectivity index (χ4v) is 4.11. The van der Waals surface area contributed by atoms with Crippen molar-refractivity contribution in [3.63, 3.8) is 0 Å². The van der Waals surface area contributed by atoms with E-state index in [0.717, 1.165) is 31.2 Å². The molecule has 31 heavy (non-hydrogen) atoms. The Morgan fingerprint density at radius 3 is 1.87 bits per heavy atom. The van der Waals surface area contributed by atoms with Crippen molar-refractivity contribution in [2.45, 2.75) is 129 Å². The summed E-state index contributed by atoms with van der Waals surface area (Å²) in [6.45, 7) is 8.22. The van der Waals surface area contributed by atoms with Crippen LogP contribution in [0, 0.1) is 0 Å². The Morgan fingerprint density at radius 2 is 1.35 bits per heavy atom. The molecular formula is C29H48O2. The zero-order valence-corrected chi connectivity index (χ0v) is 20.5. The number of hydrogen-bond acceptors (Lipinski definition) is 2. The largest absolute Gasteiger partial charge is 0.462 e. The van der Waals surface area contributed by atoms with Gasteiger partial charge in [-0.2, -0.15) is 0 Å². The average molecular weight is 429 g/mol. The van der Waals surface area contributed by atoms with Gasteiger partial charge < -0.3 is 4.74 Å². The second-order valence-corrected chi connectivity index (χ2v) is 9.02. The van der Waals surface area contributed by atoms with Gasteiger partial charge in [0, 0.05) is 6.42 Å². The predicted molar refractivity (Wildman–Crippen MR) is 135 cm³/mol. The van der Waals surface area contributed by atoms with Crippen LogP contribution in [-0.2, 0) is 16.0 Å². The van der Waals surface area contributed by atoms with E-state index in [2.05, 4.69) is 32.6 Å². The minimum atomic E-state index is -0.0508. The number of benzene rings is 1. The van der Waals surface area contributed by atoms with Crippen molar-refractivity contribution < 1.29 is 9.53 Å². The van der Waals surface area contributed by atoms with Gasteiger partial charge >= 0.3 is 5.97 Å². The summed E-state index contributed by atoms with van der Waals surface area (Å²) in [5.41, 5.74) is 2.28. The van der Waals surface area contributed by atoms with Gasteiger partial charge in [0.2, 0.25) is 0 Å². The van der Waals surface area contributed by atoms with Crippen molar-refractivity contribution >= 4 is 12.0 Å². The fraction of sp³-hybridized carbons (Fsp3) is 0.690. The zero-order chi connectivity index (χ0) is 22.6. The van der Waals surface area contributed by atoms with Gasteiger partial charge in [-0.15, -0.1) is 0 Å². The highest BCUT2D eigenvalue weighted by Crippen LogP contribution is 2.17. The second kappa shape index (κ2) is 19.1. The quantitative estimate of drug-likeness (QED) is 0.153. The number of carbonyl (C=O) groups excluding carboxylic acids is 1. The molecule has 0 fully saturated rings. The zero-order valence-electron chi connectivity index (χ0n) is 20.5. The van der Waals surface area contributed by atoms with Gasteiger partial charge in [0.25, 0.3) is 0 Å². The second-order valence-electron chi connectivity index (χ2n) is 9.02. The molecular weight excluding hydrogens is 380 g/mol. The Bertz CT molecular complexity index is 561. The number of rotatable bonds is 20. The van der Waals surface area contributed by atoms with E-state index >= 15 is 0 Å². The van der Waals surface area contributed by atoms with Crippen molar-refractivity contribution in [1.29, 1.82) is 0 Å². The normalized spacial score (nSPS) is 11.9. The molecule has 0 aromatic heterocycles. The van der Waals surface area contributed by atoms with E-state index in [1.54, 1.807) is 0 Å². The number of ether oxygens (including phenoxy) is 1. The third kappa shape index (κ3) is 15.0. The van der Waals surface area contributed by atoms with Crippen LogP contribution in [-0.4, -0.2) is 12.1 Å².